The molecule has 17 heavy (non-hydrogen) atoms. The summed E-state index contributed by atoms with van der Waals surface area (Å²) in [5.41, 5.74) is 0. The Kier molecular flexibility index (Phi) is 4.93. The highest BCUT2D eigenvalue weighted by Crippen LogP contribution is 2.23. The van der Waals surface area contributed by atoms with Gasteiger partial charge in [0.1, 0.15) is 0 Å². The van der Waals surface area contributed by atoms with Crippen molar-refractivity contribution in [3.8, 4) is 0 Å². The number of carbonyl (C=O) groups excluding carboxylic acids is 1. The summed E-state index contributed by atoms with van der Waals surface area (Å²) in [6.07, 6.45) is 0. The molecule has 0 saturated carbocycles. The number of likely N-dealkylation sites (tertiary alicyclic amines) is 1. The zero-order valence-electron chi connectivity index (χ0n) is 10.8. The van der Waals surface area contributed by atoms with Crippen LogP contribution in [-0.4, -0.2) is 59.5 Å². The van der Waals surface area contributed by atoms with E-state index in [0.717, 1.165) is 26.2 Å². The van der Waals surface area contributed by atoms with Gasteiger partial charge in [0.05, 0.1) is 12.5 Å². The lowest BCUT2D eigenvalue weighted by Crippen LogP contribution is -2.54. The van der Waals surface area contributed by atoms with Crippen LogP contribution < -0.4 is 0 Å². The highest BCUT2D eigenvalue weighted by Gasteiger charge is 2.35. The summed E-state index contributed by atoms with van der Waals surface area (Å²) in [7, 11) is 0. The summed E-state index contributed by atoms with van der Waals surface area (Å²) in [5, 5.41) is 8.86. The van der Waals surface area contributed by atoms with Gasteiger partial charge in [-0.2, -0.15) is 0 Å². The molecule has 1 atom stereocenters. The molecule has 0 aromatic heterocycles. The Morgan fingerprint density at radius 1 is 1.35 bits per heavy atom. The molecule has 1 rings (SSSR count). The fraction of sp³-hybridized carbons (Fsp3) is 0.833. The molecule has 5 nitrogen and oxygen atoms in total. The fourth-order valence-electron chi connectivity index (χ4n) is 2.12. The molecule has 1 saturated heterocycles. The number of nitrogens with zero attached hydrogens (tertiary/aromatic N) is 2. The second kappa shape index (κ2) is 6.00. The van der Waals surface area contributed by atoms with E-state index in [4.69, 9.17) is 5.11 Å². The Hall–Kier alpha value is -1.10. The first-order chi connectivity index (χ1) is 7.99. The van der Waals surface area contributed by atoms with Crippen LogP contribution in [0.3, 0.4) is 0 Å². The van der Waals surface area contributed by atoms with Crippen LogP contribution in [0.25, 0.3) is 0 Å². The second-order valence-electron chi connectivity index (χ2n) is 4.65. The third-order valence-corrected chi connectivity index (χ3v) is 3.56. The molecule has 5 heteroatoms. The standard InChI is InChI=1S/C12H22N2O3/c1-4-14(5-2)11(15)8-13-6-10(7-13)9(3)12(16)17/h9-10H,4-8H2,1-3H3,(H,16,17). The molecule has 1 fully saturated rings. The lowest BCUT2D eigenvalue weighted by molar-refractivity contribution is -0.146. The number of likely N-dealkylation sites (N-methyl/N-ethyl adjacent to an activating group) is 1. The topological polar surface area (TPSA) is 60.9 Å². The number of carbonyl (C=O) groups is 2. The summed E-state index contributed by atoms with van der Waals surface area (Å²) in [6, 6.07) is 0. The molecule has 1 aliphatic heterocycles. The minimum absolute atomic E-state index is 0.136. The van der Waals surface area contributed by atoms with Crippen molar-refractivity contribution in [1.29, 1.82) is 0 Å². The maximum absolute atomic E-state index is 11.8. The van der Waals surface area contributed by atoms with Gasteiger partial charge in [0.15, 0.2) is 0 Å². The molecule has 0 radical (unpaired) electrons. The van der Waals surface area contributed by atoms with Gasteiger partial charge in [-0.25, -0.2) is 0 Å². The highest BCUT2D eigenvalue weighted by atomic mass is 16.4. The van der Waals surface area contributed by atoms with Crippen LogP contribution in [0.15, 0.2) is 0 Å². The third kappa shape index (κ3) is 3.43. The summed E-state index contributed by atoms with van der Waals surface area (Å²) < 4.78 is 0. The molecular weight excluding hydrogens is 220 g/mol. The van der Waals surface area contributed by atoms with E-state index in [1.54, 1.807) is 11.8 Å². The van der Waals surface area contributed by atoms with Crippen molar-refractivity contribution in [3.63, 3.8) is 0 Å². The maximum atomic E-state index is 11.8. The molecular formula is C12H22N2O3. The van der Waals surface area contributed by atoms with E-state index in [2.05, 4.69) is 0 Å². The van der Waals surface area contributed by atoms with E-state index in [1.165, 1.54) is 0 Å². The number of carboxylic acids is 1. The van der Waals surface area contributed by atoms with Crippen molar-refractivity contribution in [1.82, 2.24) is 9.80 Å². The zero-order chi connectivity index (χ0) is 13.0. The first kappa shape index (κ1) is 14.0. The number of rotatable bonds is 6. The predicted molar refractivity (Wildman–Crippen MR) is 64.7 cm³/mol. The third-order valence-electron chi connectivity index (χ3n) is 3.56. The SMILES string of the molecule is CCN(CC)C(=O)CN1CC(C(C)C(=O)O)C1. The van der Waals surface area contributed by atoms with Crippen LogP contribution in [0.1, 0.15) is 20.8 Å². The largest absolute Gasteiger partial charge is 0.481 e. The molecule has 1 unspecified atom stereocenters. The van der Waals surface area contributed by atoms with E-state index in [9.17, 15) is 9.59 Å². The molecule has 0 spiro atoms. The monoisotopic (exact) mass is 242 g/mol. The molecule has 1 N–H and O–H groups in total. The van der Waals surface area contributed by atoms with Gasteiger partial charge in [0.2, 0.25) is 5.91 Å². The number of carboxylic acid groups (broad SMARTS) is 1. The van der Waals surface area contributed by atoms with Crippen LogP contribution in [0, 0.1) is 11.8 Å². The minimum atomic E-state index is -0.746. The Morgan fingerprint density at radius 2 is 1.88 bits per heavy atom. The van der Waals surface area contributed by atoms with Crippen LogP contribution >= 0.6 is 0 Å². The maximum Gasteiger partial charge on any atom is 0.306 e. The Balaban J connectivity index is 2.30. The lowest BCUT2D eigenvalue weighted by atomic mass is 9.87. The summed E-state index contributed by atoms with van der Waals surface area (Å²) in [6.45, 7) is 9.00. The van der Waals surface area contributed by atoms with Crippen LogP contribution in [0.5, 0.6) is 0 Å². The summed E-state index contributed by atoms with van der Waals surface area (Å²) in [5.74, 6) is -0.729. The summed E-state index contributed by atoms with van der Waals surface area (Å²) >= 11 is 0. The first-order valence-corrected chi connectivity index (χ1v) is 6.22. The van der Waals surface area contributed by atoms with Gasteiger partial charge in [-0.05, 0) is 19.8 Å². The van der Waals surface area contributed by atoms with E-state index < -0.39 is 5.97 Å². The van der Waals surface area contributed by atoms with Crippen molar-refractivity contribution < 1.29 is 14.7 Å². The number of hydrogen-bond acceptors (Lipinski definition) is 3. The Labute approximate surface area is 102 Å². The minimum Gasteiger partial charge on any atom is -0.481 e. The average molecular weight is 242 g/mol. The number of aliphatic carboxylic acids is 1. The fourth-order valence-corrected chi connectivity index (χ4v) is 2.12. The number of amides is 1. The van der Waals surface area contributed by atoms with Crippen LogP contribution in [-0.2, 0) is 9.59 Å². The van der Waals surface area contributed by atoms with Crippen LogP contribution in [0.4, 0.5) is 0 Å². The van der Waals surface area contributed by atoms with Crippen molar-refractivity contribution in [2.24, 2.45) is 11.8 Å². The van der Waals surface area contributed by atoms with E-state index in [1.807, 2.05) is 18.7 Å². The predicted octanol–water partition coefficient (Wildman–Crippen LogP) is 0.507. The van der Waals surface area contributed by atoms with Gasteiger partial charge in [-0.3, -0.25) is 14.5 Å². The van der Waals surface area contributed by atoms with Crippen LogP contribution in [0.2, 0.25) is 0 Å². The zero-order valence-corrected chi connectivity index (χ0v) is 10.8. The van der Waals surface area contributed by atoms with Gasteiger partial charge in [0, 0.05) is 26.2 Å². The van der Waals surface area contributed by atoms with Gasteiger partial charge in [0.25, 0.3) is 0 Å². The van der Waals surface area contributed by atoms with Crippen molar-refractivity contribution >= 4 is 11.9 Å². The van der Waals surface area contributed by atoms with Crippen molar-refractivity contribution in [3.05, 3.63) is 0 Å². The summed E-state index contributed by atoms with van der Waals surface area (Å²) in [4.78, 5) is 26.4. The molecule has 98 valence electrons. The molecule has 0 bridgehead atoms. The number of hydrogen-bond donors (Lipinski definition) is 1. The van der Waals surface area contributed by atoms with E-state index in [0.29, 0.717) is 6.54 Å². The average Bonchev–Trinajstić information content (AvgIpc) is 2.23. The molecule has 1 amide bonds. The second-order valence-corrected chi connectivity index (χ2v) is 4.65. The molecule has 0 aliphatic carbocycles. The molecule has 1 aliphatic rings. The van der Waals surface area contributed by atoms with E-state index in [-0.39, 0.29) is 17.7 Å². The molecule has 0 aromatic carbocycles. The van der Waals surface area contributed by atoms with Crippen molar-refractivity contribution in [2.75, 3.05) is 32.7 Å². The smallest absolute Gasteiger partial charge is 0.306 e. The van der Waals surface area contributed by atoms with Gasteiger partial charge in [-0.15, -0.1) is 0 Å². The van der Waals surface area contributed by atoms with Crippen molar-refractivity contribution in [2.45, 2.75) is 20.8 Å². The molecule has 1 heterocycles. The first-order valence-electron chi connectivity index (χ1n) is 6.22. The normalized spacial score (nSPS) is 18.5. The Bertz CT molecular complexity index is 283. The van der Waals surface area contributed by atoms with Gasteiger partial charge < -0.3 is 10.0 Å². The van der Waals surface area contributed by atoms with Gasteiger partial charge >= 0.3 is 5.97 Å². The highest BCUT2D eigenvalue weighted by molar-refractivity contribution is 5.78. The quantitative estimate of drug-likeness (QED) is 0.737. The Morgan fingerprint density at radius 3 is 2.29 bits per heavy atom. The lowest BCUT2D eigenvalue weighted by Gasteiger charge is -2.41. The van der Waals surface area contributed by atoms with E-state index >= 15 is 0 Å². The van der Waals surface area contributed by atoms with Gasteiger partial charge in [-0.1, -0.05) is 6.92 Å². The molecule has 0 aromatic rings.